The fourth-order valence-corrected chi connectivity index (χ4v) is 4.92. The van der Waals surface area contributed by atoms with Crippen molar-refractivity contribution in [2.24, 2.45) is 5.92 Å². The summed E-state index contributed by atoms with van der Waals surface area (Å²) in [5, 5.41) is 2.93. The van der Waals surface area contributed by atoms with Crippen LogP contribution in [0.5, 0.6) is 0 Å². The Hall–Kier alpha value is -2.45. The highest BCUT2D eigenvalue weighted by Crippen LogP contribution is 2.24. The molecule has 1 aliphatic rings. The van der Waals surface area contributed by atoms with Gasteiger partial charge in [-0.25, -0.2) is 4.39 Å². The smallest absolute Gasteiger partial charge is 0.303 e. The predicted molar refractivity (Wildman–Crippen MR) is 111 cm³/mol. The lowest BCUT2D eigenvalue weighted by atomic mass is 9.98. The molecule has 0 spiro atoms. The molecule has 0 saturated carbocycles. The number of piperidine rings is 1. The Morgan fingerprint density at radius 1 is 1.21 bits per heavy atom. The summed E-state index contributed by atoms with van der Waals surface area (Å²) in [6.07, 6.45) is 1.25. The molecule has 3 rings (SSSR count). The van der Waals surface area contributed by atoms with Gasteiger partial charge in [0.2, 0.25) is 5.91 Å². The second-order valence-electron chi connectivity index (χ2n) is 7.29. The minimum Gasteiger partial charge on any atom is -0.352 e. The lowest BCUT2D eigenvalue weighted by molar-refractivity contribution is -0.126. The van der Waals surface area contributed by atoms with Gasteiger partial charge in [-0.2, -0.15) is 12.7 Å². The molecule has 1 saturated heterocycles. The zero-order chi connectivity index (χ0) is 21.0. The highest BCUT2D eigenvalue weighted by atomic mass is 32.2. The summed E-state index contributed by atoms with van der Waals surface area (Å²) >= 11 is 0. The SMILES string of the molecule is Cc1ccccc1CNC(=O)[C@@H]1CCCN(S(=O)(=O)N(C)c2ccc(F)cc2)C1. The molecule has 1 fully saturated rings. The summed E-state index contributed by atoms with van der Waals surface area (Å²) in [6, 6.07) is 13.1. The Morgan fingerprint density at radius 2 is 1.90 bits per heavy atom. The topological polar surface area (TPSA) is 69.7 Å². The quantitative estimate of drug-likeness (QED) is 0.783. The molecule has 8 heteroatoms. The van der Waals surface area contributed by atoms with Crippen LogP contribution >= 0.6 is 0 Å². The molecule has 0 aromatic heterocycles. The first-order valence-corrected chi connectivity index (χ1v) is 11.0. The molecular weight excluding hydrogens is 393 g/mol. The number of anilines is 1. The molecule has 2 aromatic rings. The van der Waals surface area contributed by atoms with Crippen molar-refractivity contribution in [1.82, 2.24) is 9.62 Å². The van der Waals surface area contributed by atoms with E-state index in [1.807, 2.05) is 31.2 Å². The summed E-state index contributed by atoms with van der Waals surface area (Å²) in [5.41, 5.74) is 2.51. The Labute approximate surface area is 171 Å². The van der Waals surface area contributed by atoms with Crippen molar-refractivity contribution in [2.75, 3.05) is 24.4 Å². The molecule has 6 nitrogen and oxygen atoms in total. The van der Waals surface area contributed by atoms with Crippen LogP contribution in [-0.4, -0.2) is 38.8 Å². The molecule has 1 N–H and O–H groups in total. The van der Waals surface area contributed by atoms with Gasteiger partial charge in [-0.05, 0) is 55.2 Å². The molecule has 0 aliphatic carbocycles. The molecule has 1 atom stereocenters. The van der Waals surface area contributed by atoms with Crippen LogP contribution in [-0.2, 0) is 21.5 Å². The number of benzene rings is 2. The van der Waals surface area contributed by atoms with E-state index >= 15 is 0 Å². The molecule has 0 bridgehead atoms. The monoisotopic (exact) mass is 419 g/mol. The van der Waals surface area contributed by atoms with Crippen molar-refractivity contribution in [2.45, 2.75) is 26.3 Å². The van der Waals surface area contributed by atoms with E-state index in [4.69, 9.17) is 0 Å². The summed E-state index contributed by atoms with van der Waals surface area (Å²) in [4.78, 5) is 12.6. The van der Waals surface area contributed by atoms with Gasteiger partial charge in [-0.3, -0.25) is 9.10 Å². The predicted octanol–water partition coefficient (Wildman–Crippen LogP) is 2.84. The van der Waals surface area contributed by atoms with Crippen LogP contribution in [0.4, 0.5) is 10.1 Å². The molecule has 0 radical (unpaired) electrons. The third-order valence-corrected chi connectivity index (χ3v) is 7.22. The van der Waals surface area contributed by atoms with Crippen LogP contribution in [0.1, 0.15) is 24.0 Å². The molecule has 156 valence electrons. The summed E-state index contributed by atoms with van der Waals surface area (Å²) in [7, 11) is -2.37. The third kappa shape index (κ3) is 4.94. The second-order valence-corrected chi connectivity index (χ2v) is 9.25. The van der Waals surface area contributed by atoms with E-state index in [-0.39, 0.29) is 12.5 Å². The van der Waals surface area contributed by atoms with Crippen LogP contribution < -0.4 is 9.62 Å². The second kappa shape index (κ2) is 8.92. The number of amides is 1. The van der Waals surface area contributed by atoms with E-state index in [1.165, 1.54) is 35.6 Å². The van der Waals surface area contributed by atoms with Crippen molar-refractivity contribution < 1.29 is 17.6 Å². The van der Waals surface area contributed by atoms with E-state index in [0.717, 1.165) is 15.4 Å². The highest BCUT2D eigenvalue weighted by Gasteiger charge is 2.34. The van der Waals surface area contributed by atoms with E-state index in [9.17, 15) is 17.6 Å². The van der Waals surface area contributed by atoms with Crippen molar-refractivity contribution >= 4 is 21.8 Å². The van der Waals surface area contributed by atoms with Gasteiger partial charge < -0.3 is 5.32 Å². The molecule has 2 aromatic carbocycles. The number of nitrogens with one attached hydrogen (secondary N) is 1. The number of rotatable bonds is 6. The Morgan fingerprint density at radius 3 is 2.59 bits per heavy atom. The number of carbonyl (C=O) groups excluding carboxylic acids is 1. The molecule has 1 aliphatic heterocycles. The highest BCUT2D eigenvalue weighted by molar-refractivity contribution is 7.90. The molecule has 1 heterocycles. The van der Waals surface area contributed by atoms with Crippen molar-refractivity contribution in [1.29, 1.82) is 0 Å². The van der Waals surface area contributed by atoms with Crippen LogP contribution in [0.2, 0.25) is 0 Å². The lowest BCUT2D eigenvalue weighted by Crippen LogP contribution is -2.49. The maximum atomic E-state index is 13.1. The Bertz CT molecular complexity index is 963. The summed E-state index contributed by atoms with van der Waals surface area (Å²) in [5.74, 6) is -0.968. The third-order valence-electron chi connectivity index (χ3n) is 5.33. The summed E-state index contributed by atoms with van der Waals surface area (Å²) < 4.78 is 41.6. The number of hydrogen-bond acceptors (Lipinski definition) is 3. The van der Waals surface area contributed by atoms with Crippen LogP contribution in [0.15, 0.2) is 48.5 Å². The fourth-order valence-electron chi connectivity index (χ4n) is 3.46. The number of aryl methyl sites for hydroxylation is 1. The number of carbonyl (C=O) groups is 1. The van der Waals surface area contributed by atoms with Crippen LogP contribution in [0.3, 0.4) is 0 Å². The molecule has 29 heavy (non-hydrogen) atoms. The zero-order valence-corrected chi connectivity index (χ0v) is 17.5. The average Bonchev–Trinajstić information content (AvgIpc) is 2.73. The van der Waals surface area contributed by atoms with Gasteiger partial charge in [-0.1, -0.05) is 24.3 Å². The number of halogens is 1. The Balaban J connectivity index is 1.65. The van der Waals surface area contributed by atoms with Crippen LogP contribution in [0.25, 0.3) is 0 Å². The minimum absolute atomic E-state index is 0.132. The fraction of sp³-hybridized carbons (Fsp3) is 0.381. The molecular formula is C21H26FN3O3S. The number of hydrogen-bond donors (Lipinski definition) is 1. The van der Waals surface area contributed by atoms with E-state index < -0.39 is 21.9 Å². The van der Waals surface area contributed by atoms with Crippen molar-refractivity contribution in [3.8, 4) is 0 Å². The first-order chi connectivity index (χ1) is 13.8. The maximum Gasteiger partial charge on any atom is 0.303 e. The Kier molecular flexibility index (Phi) is 6.54. The molecule has 1 amide bonds. The molecule has 0 unspecified atom stereocenters. The van der Waals surface area contributed by atoms with Gasteiger partial charge in [0.25, 0.3) is 0 Å². The average molecular weight is 420 g/mol. The normalized spacial score (nSPS) is 17.7. The van der Waals surface area contributed by atoms with Gasteiger partial charge in [0.05, 0.1) is 11.6 Å². The van der Waals surface area contributed by atoms with Crippen molar-refractivity contribution in [3.63, 3.8) is 0 Å². The van der Waals surface area contributed by atoms with E-state index in [0.29, 0.717) is 31.6 Å². The van der Waals surface area contributed by atoms with E-state index in [1.54, 1.807) is 0 Å². The van der Waals surface area contributed by atoms with Gasteiger partial charge in [0, 0.05) is 26.7 Å². The maximum absolute atomic E-state index is 13.1. The van der Waals surface area contributed by atoms with Gasteiger partial charge >= 0.3 is 10.2 Å². The first kappa shape index (κ1) is 21.3. The van der Waals surface area contributed by atoms with Gasteiger partial charge in [0.15, 0.2) is 0 Å². The lowest BCUT2D eigenvalue weighted by Gasteiger charge is -2.34. The largest absolute Gasteiger partial charge is 0.352 e. The van der Waals surface area contributed by atoms with E-state index in [2.05, 4.69) is 5.32 Å². The standard InChI is InChI=1S/C21H26FN3O3S/c1-16-6-3-4-7-17(16)14-23-21(26)18-8-5-13-25(15-18)29(27,28)24(2)20-11-9-19(22)10-12-20/h3-4,6-7,9-12,18H,5,8,13-15H2,1-2H3,(H,23,26)/t18-/m1/s1. The minimum atomic E-state index is -3.80. The number of nitrogens with zero attached hydrogens (tertiary/aromatic N) is 2. The van der Waals surface area contributed by atoms with Gasteiger partial charge in [-0.15, -0.1) is 0 Å². The van der Waals surface area contributed by atoms with Crippen molar-refractivity contribution in [3.05, 3.63) is 65.5 Å². The zero-order valence-electron chi connectivity index (χ0n) is 16.6. The first-order valence-electron chi connectivity index (χ1n) is 9.61. The van der Waals surface area contributed by atoms with Gasteiger partial charge in [0.1, 0.15) is 5.82 Å². The summed E-state index contributed by atoms with van der Waals surface area (Å²) in [6.45, 7) is 2.90. The van der Waals surface area contributed by atoms with Crippen LogP contribution in [0, 0.1) is 18.7 Å².